The molecule has 3 rings (SSSR count). The number of aromatic nitrogens is 2. The van der Waals surface area contributed by atoms with E-state index in [9.17, 15) is 4.79 Å². The molecule has 120 valence electrons. The third kappa shape index (κ3) is 3.61. The number of nitrogens with zero attached hydrogens (tertiary/aromatic N) is 3. The standard InChI is InChI=1S/C17H14ClN5O/c18-14-8-6-12(7-9-14)16-13(10-20-21-17(19)24)11-23(22-16)15-4-2-1-3-5-15/h1-11H,(H3,19,21,24). The van der Waals surface area contributed by atoms with Gasteiger partial charge in [0.25, 0.3) is 0 Å². The quantitative estimate of drug-likeness (QED) is 0.565. The maximum Gasteiger partial charge on any atom is 0.332 e. The molecule has 1 aromatic heterocycles. The summed E-state index contributed by atoms with van der Waals surface area (Å²) in [6, 6.07) is 16.3. The van der Waals surface area contributed by atoms with Gasteiger partial charge in [-0.2, -0.15) is 10.2 Å². The highest BCUT2D eigenvalue weighted by atomic mass is 35.5. The molecular formula is C17H14ClN5O. The van der Waals surface area contributed by atoms with Crippen molar-refractivity contribution >= 4 is 23.8 Å². The Morgan fingerprint density at radius 2 is 1.88 bits per heavy atom. The molecule has 3 aromatic rings. The highest BCUT2D eigenvalue weighted by Crippen LogP contribution is 2.24. The lowest BCUT2D eigenvalue weighted by Crippen LogP contribution is -2.24. The van der Waals surface area contributed by atoms with Crippen molar-refractivity contribution in [2.75, 3.05) is 0 Å². The minimum atomic E-state index is -0.727. The molecule has 0 aliphatic carbocycles. The van der Waals surface area contributed by atoms with Gasteiger partial charge in [0.15, 0.2) is 0 Å². The number of hydrogen-bond donors (Lipinski definition) is 2. The molecule has 3 N–H and O–H groups in total. The first-order valence-corrected chi connectivity index (χ1v) is 7.51. The van der Waals surface area contributed by atoms with Crippen LogP contribution in [0.3, 0.4) is 0 Å². The number of rotatable bonds is 4. The smallest absolute Gasteiger partial charge is 0.332 e. The van der Waals surface area contributed by atoms with Crippen molar-refractivity contribution in [3.05, 3.63) is 71.4 Å². The first-order chi connectivity index (χ1) is 11.6. The highest BCUT2D eigenvalue weighted by molar-refractivity contribution is 6.30. The summed E-state index contributed by atoms with van der Waals surface area (Å²) in [5.74, 6) is 0. The van der Waals surface area contributed by atoms with Gasteiger partial charge >= 0.3 is 6.03 Å². The van der Waals surface area contributed by atoms with Crippen LogP contribution < -0.4 is 11.2 Å². The van der Waals surface area contributed by atoms with Gasteiger partial charge in [-0.1, -0.05) is 41.9 Å². The van der Waals surface area contributed by atoms with Crippen molar-refractivity contribution in [1.29, 1.82) is 0 Å². The van der Waals surface area contributed by atoms with Gasteiger partial charge in [-0.25, -0.2) is 14.9 Å². The van der Waals surface area contributed by atoms with E-state index < -0.39 is 6.03 Å². The molecule has 0 atom stereocenters. The summed E-state index contributed by atoms with van der Waals surface area (Å²) in [6.45, 7) is 0. The molecule has 2 aromatic carbocycles. The largest absolute Gasteiger partial charge is 0.350 e. The number of para-hydroxylation sites is 1. The van der Waals surface area contributed by atoms with Crippen LogP contribution in [0.2, 0.25) is 5.02 Å². The predicted molar refractivity (Wildman–Crippen MR) is 94.3 cm³/mol. The van der Waals surface area contributed by atoms with E-state index in [4.69, 9.17) is 17.3 Å². The Morgan fingerprint density at radius 1 is 1.17 bits per heavy atom. The van der Waals surface area contributed by atoms with Gasteiger partial charge < -0.3 is 5.73 Å². The normalized spacial score (nSPS) is 10.9. The molecule has 24 heavy (non-hydrogen) atoms. The number of benzene rings is 2. The summed E-state index contributed by atoms with van der Waals surface area (Å²) >= 11 is 5.95. The van der Waals surface area contributed by atoms with E-state index in [2.05, 4.69) is 15.6 Å². The van der Waals surface area contributed by atoms with Crippen molar-refractivity contribution in [3.8, 4) is 16.9 Å². The Bertz CT molecular complexity index is 872. The van der Waals surface area contributed by atoms with Crippen LogP contribution >= 0.6 is 11.6 Å². The molecule has 0 aliphatic rings. The Labute approximate surface area is 143 Å². The van der Waals surface area contributed by atoms with Crippen LogP contribution in [-0.2, 0) is 0 Å². The van der Waals surface area contributed by atoms with Gasteiger partial charge in [-0.3, -0.25) is 0 Å². The lowest BCUT2D eigenvalue weighted by Gasteiger charge is -2.00. The zero-order valence-corrected chi connectivity index (χ0v) is 13.3. The van der Waals surface area contributed by atoms with Gasteiger partial charge in [0, 0.05) is 22.3 Å². The number of urea groups is 1. The van der Waals surface area contributed by atoms with E-state index in [1.807, 2.05) is 48.7 Å². The monoisotopic (exact) mass is 339 g/mol. The molecule has 0 saturated heterocycles. The molecular weight excluding hydrogens is 326 g/mol. The van der Waals surface area contributed by atoms with Crippen molar-refractivity contribution in [1.82, 2.24) is 15.2 Å². The van der Waals surface area contributed by atoms with E-state index in [-0.39, 0.29) is 0 Å². The van der Waals surface area contributed by atoms with Crippen LogP contribution in [0.5, 0.6) is 0 Å². The van der Waals surface area contributed by atoms with Crippen LogP contribution in [0.15, 0.2) is 65.9 Å². The number of primary amides is 1. The summed E-state index contributed by atoms with van der Waals surface area (Å²) in [7, 11) is 0. The third-order valence-electron chi connectivity index (χ3n) is 3.26. The predicted octanol–water partition coefficient (Wildman–Crippen LogP) is 3.19. The van der Waals surface area contributed by atoms with Crippen LogP contribution in [0.1, 0.15) is 5.56 Å². The Balaban J connectivity index is 2.04. The Kier molecular flexibility index (Phi) is 4.58. The fraction of sp³-hybridized carbons (Fsp3) is 0. The second-order valence-corrected chi connectivity index (χ2v) is 5.39. The van der Waals surface area contributed by atoms with E-state index in [1.54, 1.807) is 16.8 Å². The molecule has 0 saturated carbocycles. The molecule has 0 spiro atoms. The minimum absolute atomic E-state index is 0.645. The second-order valence-electron chi connectivity index (χ2n) is 4.95. The fourth-order valence-corrected chi connectivity index (χ4v) is 2.32. The van der Waals surface area contributed by atoms with E-state index in [1.165, 1.54) is 6.21 Å². The topological polar surface area (TPSA) is 85.3 Å². The van der Waals surface area contributed by atoms with Crippen LogP contribution in [0.25, 0.3) is 16.9 Å². The van der Waals surface area contributed by atoms with Crippen molar-refractivity contribution in [2.45, 2.75) is 0 Å². The number of carbonyl (C=O) groups is 1. The number of carbonyl (C=O) groups excluding carboxylic acids is 1. The summed E-state index contributed by atoms with van der Waals surface area (Å²) in [5, 5.41) is 9.08. The van der Waals surface area contributed by atoms with E-state index in [0.717, 1.165) is 16.8 Å². The van der Waals surface area contributed by atoms with Gasteiger partial charge in [0.1, 0.15) is 5.69 Å². The summed E-state index contributed by atoms with van der Waals surface area (Å²) in [6.07, 6.45) is 3.33. The molecule has 0 unspecified atom stereocenters. The summed E-state index contributed by atoms with van der Waals surface area (Å²) < 4.78 is 1.75. The third-order valence-corrected chi connectivity index (χ3v) is 3.51. The number of nitrogens with one attached hydrogen (secondary N) is 1. The van der Waals surface area contributed by atoms with Crippen molar-refractivity contribution in [2.24, 2.45) is 10.8 Å². The lowest BCUT2D eigenvalue weighted by atomic mass is 10.1. The highest BCUT2D eigenvalue weighted by Gasteiger charge is 2.11. The van der Waals surface area contributed by atoms with Crippen molar-refractivity contribution < 1.29 is 4.79 Å². The maximum atomic E-state index is 10.8. The number of nitrogens with two attached hydrogens (primary N) is 1. The van der Waals surface area contributed by atoms with E-state index in [0.29, 0.717) is 10.7 Å². The van der Waals surface area contributed by atoms with Crippen LogP contribution in [0.4, 0.5) is 4.79 Å². The average molecular weight is 340 g/mol. The SMILES string of the molecule is NC(=O)NN=Cc1cn(-c2ccccc2)nc1-c1ccc(Cl)cc1. The molecule has 2 amide bonds. The number of hydrazone groups is 1. The first kappa shape index (κ1) is 15.8. The van der Waals surface area contributed by atoms with E-state index >= 15 is 0 Å². The Hall–Kier alpha value is -3.12. The number of amides is 2. The van der Waals surface area contributed by atoms with Gasteiger partial charge in [-0.15, -0.1) is 0 Å². The maximum absolute atomic E-state index is 10.8. The zero-order chi connectivity index (χ0) is 16.9. The molecule has 7 heteroatoms. The second kappa shape index (κ2) is 6.97. The molecule has 1 heterocycles. The van der Waals surface area contributed by atoms with Gasteiger partial charge in [0.2, 0.25) is 0 Å². The number of hydrogen-bond acceptors (Lipinski definition) is 3. The van der Waals surface area contributed by atoms with Crippen LogP contribution in [-0.4, -0.2) is 22.0 Å². The zero-order valence-electron chi connectivity index (χ0n) is 12.6. The summed E-state index contributed by atoms with van der Waals surface area (Å²) in [4.78, 5) is 10.8. The number of halogens is 1. The van der Waals surface area contributed by atoms with Gasteiger partial charge in [0.05, 0.1) is 11.9 Å². The van der Waals surface area contributed by atoms with Crippen LogP contribution in [0, 0.1) is 0 Å². The molecule has 0 bridgehead atoms. The molecule has 0 fully saturated rings. The molecule has 6 nitrogen and oxygen atoms in total. The first-order valence-electron chi connectivity index (χ1n) is 7.13. The average Bonchev–Trinajstić information content (AvgIpc) is 3.00. The summed E-state index contributed by atoms with van der Waals surface area (Å²) in [5.41, 5.74) is 10.4. The van der Waals surface area contributed by atoms with Gasteiger partial charge in [-0.05, 0) is 24.3 Å². The molecule has 0 aliphatic heterocycles. The Morgan fingerprint density at radius 3 is 2.54 bits per heavy atom. The molecule has 0 radical (unpaired) electrons. The fourth-order valence-electron chi connectivity index (χ4n) is 2.19. The minimum Gasteiger partial charge on any atom is -0.350 e. The lowest BCUT2D eigenvalue weighted by molar-refractivity contribution is 0.249. The van der Waals surface area contributed by atoms with Crippen molar-refractivity contribution in [3.63, 3.8) is 0 Å².